The molecule has 0 aliphatic carbocycles. The number of amides is 3. The molecule has 0 spiro atoms. The highest BCUT2D eigenvalue weighted by Crippen LogP contribution is 2.35. The van der Waals surface area contributed by atoms with Gasteiger partial charge in [-0.1, -0.05) is 66.7 Å². The summed E-state index contributed by atoms with van der Waals surface area (Å²) in [5, 5.41) is 3.77. The fourth-order valence-electron chi connectivity index (χ4n) is 4.31. The molecule has 6 N–H and O–H groups in total. The third kappa shape index (κ3) is 4.72. The first-order valence-electron chi connectivity index (χ1n) is 11.8. The molecule has 5 rings (SSSR count). The molecule has 3 aromatic carbocycles. The predicted molar refractivity (Wildman–Crippen MR) is 148 cm³/mol. The van der Waals surface area contributed by atoms with Crippen LogP contribution in [0.2, 0.25) is 0 Å². The van der Waals surface area contributed by atoms with Gasteiger partial charge in [-0.2, -0.15) is 4.37 Å². The molecule has 38 heavy (non-hydrogen) atoms. The second-order valence-corrected chi connectivity index (χ2v) is 9.32. The van der Waals surface area contributed by atoms with Gasteiger partial charge in [0, 0.05) is 34.9 Å². The third-order valence-electron chi connectivity index (χ3n) is 6.14. The van der Waals surface area contributed by atoms with Crippen molar-refractivity contribution >= 4 is 51.5 Å². The Morgan fingerprint density at radius 2 is 1.61 bits per heavy atom. The molecule has 2 heterocycles. The number of aromatic nitrogens is 2. The van der Waals surface area contributed by atoms with Gasteiger partial charge in [0.15, 0.2) is 5.69 Å². The maximum Gasteiger partial charge on any atom is 0.273 e. The summed E-state index contributed by atoms with van der Waals surface area (Å²) >= 11 is 0.769. The van der Waals surface area contributed by atoms with Crippen LogP contribution in [0.25, 0.3) is 10.9 Å². The van der Waals surface area contributed by atoms with E-state index in [-0.39, 0.29) is 22.8 Å². The zero-order valence-electron chi connectivity index (χ0n) is 20.1. The van der Waals surface area contributed by atoms with E-state index in [1.165, 1.54) is 4.90 Å². The molecule has 1 atom stereocenters. The van der Waals surface area contributed by atoms with E-state index in [0.29, 0.717) is 11.3 Å². The lowest BCUT2D eigenvalue weighted by atomic mass is 10.0. The summed E-state index contributed by atoms with van der Waals surface area (Å²) in [5.41, 5.74) is 14.0. The van der Waals surface area contributed by atoms with Crippen LogP contribution in [-0.2, 0) is 11.3 Å². The van der Waals surface area contributed by atoms with Gasteiger partial charge in [0.2, 0.25) is 5.91 Å². The number of fused-ring (bicyclic) bond motifs is 1. The van der Waals surface area contributed by atoms with E-state index >= 15 is 0 Å². The summed E-state index contributed by atoms with van der Waals surface area (Å²) in [6, 6.07) is 24.8. The van der Waals surface area contributed by atoms with Crippen LogP contribution in [0, 0.1) is 0 Å². The Kier molecular flexibility index (Phi) is 6.88. The number of nitrogens with two attached hydrogens (primary N) is 2. The fourth-order valence-corrected chi connectivity index (χ4v) is 5.05. The van der Waals surface area contributed by atoms with Gasteiger partial charge in [-0.15, -0.1) is 0 Å². The molecule has 2 aromatic heterocycles. The molecular weight excluding hydrogens is 500 g/mol. The van der Waals surface area contributed by atoms with Crippen molar-refractivity contribution in [3.63, 3.8) is 0 Å². The average Bonchev–Trinajstić information content (AvgIpc) is 3.54. The second kappa shape index (κ2) is 10.6. The third-order valence-corrected chi connectivity index (χ3v) is 6.99. The van der Waals surface area contributed by atoms with Gasteiger partial charge < -0.3 is 21.8 Å². The summed E-state index contributed by atoms with van der Waals surface area (Å²) in [6.45, 7) is 0.268. The number of carbonyl (C=O) groups excluding carboxylic acids is 3. The minimum absolute atomic E-state index is 0.0170. The normalized spacial score (nSPS) is 11.7. The number of anilines is 2. The molecule has 0 aliphatic heterocycles. The largest absolute Gasteiger partial charge is 0.395 e. The van der Waals surface area contributed by atoms with E-state index in [0.717, 1.165) is 28.0 Å². The number of nitrogen functional groups attached to an aromatic ring is 1. The smallest absolute Gasteiger partial charge is 0.273 e. The molecule has 190 valence electrons. The van der Waals surface area contributed by atoms with Crippen molar-refractivity contribution in [1.29, 1.82) is 0 Å². The summed E-state index contributed by atoms with van der Waals surface area (Å²) in [7, 11) is 0. The van der Waals surface area contributed by atoms with Gasteiger partial charge in [0.05, 0.1) is 5.69 Å². The van der Waals surface area contributed by atoms with E-state index in [4.69, 9.17) is 11.5 Å². The molecule has 0 saturated carbocycles. The average molecular weight is 525 g/mol. The van der Waals surface area contributed by atoms with Gasteiger partial charge in [-0.05, 0) is 35.3 Å². The first-order valence-corrected chi connectivity index (χ1v) is 12.5. The summed E-state index contributed by atoms with van der Waals surface area (Å²) in [6.07, 6.45) is 1.73. The number of H-pyrrole nitrogens is 1. The highest BCUT2D eigenvalue weighted by molar-refractivity contribution is 7.09. The number of carbonyl (C=O) groups is 3. The molecule has 3 amide bonds. The SMILES string of the molecule is NC(=O)c1nsc(C(=O)N(c2ccccc2)C(C(=O)NCc2ccccc2)c2c[nH]c3ccccc23)c1N. The number of nitrogens with one attached hydrogen (secondary N) is 2. The Morgan fingerprint density at radius 3 is 2.29 bits per heavy atom. The van der Waals surface area contributed by atoms with Crippen molar-refractivity contribution < 1.29 is 14.4 Å². The van der Waals surface area contributed by atoms with Crippen LogP contribution in [0.5, 0.6) is 0 Å². The fraction of sp³-hybridized carbons (Fsp3) is 0.0714. The maximum atomic E-state index is 14.1. The van der Waals surface area contributed by atoms with Crippen molar-refractivity contribution in [2.24, 2.45) is 5.73 Å². The highest BCUT2D eigenvalue weighted by atomic mass is 32.1. The molecule has 0 fully saturated rings. The van der Waals surface area contributed by atoms with Crippen LogP contribution in [0.3, 0.4) is 0 Å². The Hall–Kier alpha value is -4.96. The minimum atomic E-state index is -1.08. The van der Waals surface area contributed by atoms with Gasteiger partial charge in [-0.25, -0.2) is 0 Å². The standard InChI is InChI=1S/C28H24N6O3S/c29-22-23(26(30)35)33-38-25(22)28(37)34(18-11-5-2-6-12-18)24(20-16-31-21-14-8-7-13-19(20)21)27(36)32-15-17-9-3-1-4-10-17/h1-14,16,24,31H,15,29H2,(H2,30,35)(H,32,36). The van der Waals surface area contributed by atoms with E-state index in [1.54, 1.807) is 30.5 Å². The van der Waals surface area contributed by atoms with Crippen LogP contribution in [0.15, 0.2) is 91.1 Å². The van der Waals surface area contributed by atoms with Crippen molar-refractivity contribution in [2.45, 2.75) is 12.6 Å². The molecule has 0 radical (unpaired) electrons. The van der Waals surface area contributed by atoms with Crippen molar-refractivity contribution in [3.05, 3.63) is 113 Å². The Balaban J connectivity index is 1.64. The Bertz CT molecular complexity index is 1610. The summed E-state index contributed by atoms with van der Waals surface area (Å²) in [4.78, 5) is 44.5. The number of primary amides is 1. The lowest BCUT2D eigenvalue weighted by molar-refractivity contribution is -0.122. The van der Waals surface area contributed by atoms with E-state index in [1.807, 2.05) is 60.7 Å². The van der Waals surface area contributed by atoms with E-state index in [9.17, 15) is 14.4 Å². The molecule has 5 aromatic rings. The predicted octanol–water partition coefficient (Wildman–Crippen LogP) is 4.01. The van der Waals surface area contributed by atoms with E-state index < -0.39 is 23.8 Å². The second-order valence-electron chi connectivity index (χ2n) is 8.54. The van der Waals surface area contributed by atoms with Crippen LogP contribution in [0.1, 0.15) is 37.3 Å². The number of rotatable bonds is 8. The topological polar surface area (TPSA) is 147 Å². The lowest BCUT2D eigenvalue weighted by Gasteiger charge is -2.31. The molecule has 0 bridgehead atoms. The van der Waals surface area contributed by atoms with Crippen LogP contribution in [0.4, 0.5) is 11.4 Å². The van der Waals surface area contributed by atoms with Gasteiger partial charge in [0.1, 0.15) is 10.9 Å². The van der Waals surface area contributed by atoms with Gasteiger partial charge in [-0.3, -0.25) is 19.3 Å². The molecule has 1 unspecified atom stereocenters. The Morgan fingerprint density at radius 1 is 0.947 bits per heavy atom. The molecular formula is C28H24N6O3S. The van der Waals surface area contributed by atoms with Crippen LogP contribution < -0.4 is 21.7 Å². The minimum Gasteiger partial charge on any atom is -0.395 e. The number of hydrogen-bond donors (Lipinski definition) is 4. The number of hydrogen-bond acceptors (Lipinski definition) is 6. The quantitative estimate of drug-likeness (QED) is 0.242. The number of benzene rings is 3. The Labute approximate surface area is 222 Å². The molecule has 0 aliphatic rings. The zero-order chi connectivity index (χ0) is 26.6. The monoisotopic (exact) mass is 524 g/mol. The lowest BCUT2D eigenvalue weighted by Crippen LogP contribution is -2.44. The van der Waals surface area contributed by atoms with Gasteiger partial charge in [0.25, 0.3) is 11.8 Å². The summed E-state index contributed by atoms with van der Waals surface area (Å²) < 4.78 is 3.99. The molecule has 9 nitrogen and oxygen atoms in total. The number of aromatic amines is 1. The maximum absolute atomic E-state index is 14.1. The van der Waals surface area contributed by atoms with Crippen molar-refractivity contribution in [1.82, 2.24) is 14.7 Å². The first kappa shape index (κ1) is 24.7. The number of para-hydroxylation sites is 2. The van der Waals surface area contributed by atoms with Crippen LogP contribution in [-0.4, -0.2) is 27.1 Å². The molecule has 10 heteroatoms. The highest BCUT2D eigenvalue weighted by Gasteiger charge is 2.37. The zero-order valence-corrected chi connectivity index (χ0v) is 20.9. The molecule has 0 saturated heterocycles. The summed E-state index contributed by atoms with van der Waals surface area (Å²) in [5.74, 6) is -1.81. The van der Waals surface area contributed by atoms with Crippen molar-refractivity contribution in [3.8, 4) is 0 Å². The van der Waals surface area contributed by atoms with Crippen molar-refractivity contribution in [2.75, 3.05) is 10.6 Å². The van der Waals surface area contributed by atoms with Crippen LogP contribution >= 0.6 is 11.5 Å². The first-order chi connectivity index (χ1) is 18.5. The van der Waals surface area contributed by atoms with E-state index in [2.05, 4.69) is 14.7 Å². The number of nitrogens with zero attached hydrogens (tertiary/aromatic N) is 2. The van der Waals surface area contributed by atoms with Gasteiger partial charge >= 0.3 is 0 Å².